The van der Waals surface area contributed by atoms with Gasteiger partial charge < -0.3 is 9.40 Å². The van der Waals surface area contributed by atoms with Crippen molar-refractivity contribution in [2.75, 3.05) is 11.5 Å². The molecule has 0 aliphatic carbocycles. The number of nitrogens with one attached hydrogen (secondary N) is 1. The summed E-state index contributed by atoms with van der Waals surface area (Å²) < 4.78 is 29.2. The average molecular weight is 373 g/mol. The van der Waals surface area contributed by atoms with E-state index in [4.69, 9.17) is 4.42 Å². The molecule has 1 fully saturated rings. The summed E-state index contributed by atoms with van der Waals surface area (Å²) in [6.07, 6.45) is 2.16. The maximum atomic E-state index is 12.3. The Bertz CT molecular complexity index is 1070. The number of aromatic nitrogens is 2. The van der Waals surface area contributed by atoms with E-state index < -0.39 is 9.84 Å². The molecular weight excluding hydrogens is 354 g/mol. The molecule has 0 spiro atoms. The molecule has 3 heterocycles. The number of sulfone groups is 1. The first kappa shape index (κ1) is 17.0. The van der Waals surface area contributed by atoms with E-state index in [2.05, 4.69) is 9.97 Å². The van der Waals surface area contributed by atoms with Gasteiger partial charge in [-0.15, -0.1) is 0 Å². The first-order chi connectivity index (χ1) is 12.5. The van der Waals surface area contributed by atoms with Crippen LogP contribution >= 0.6 is 0 Å². The SMILES string of the molecule is O=c1[nH]c(CN(Cc2ccco2)[C@H]2CCS(=O)(=O)C2)nc2ccccc12. The molecule has 7 nitrogen and oxygen atoms in total. The van der Waals surface area contributed by atoms with Gasteiger partial charge in [-0.1, -0.05) is 12.1 Å². The van der Waals surface area contributed by atoms with Gasteiger partial charge in [0.05, 0.1) is 41.8 Å². The Balaban J connectivity index is 1.65. The van der Waals surface area contributed by atoms with E-state index in [-0.39, 0.29) is 23.1 Å². The van der Waals surface area contributed by atoms with E-state index >= 15 is 0 Å². The predicted octanol–water partition coefficient (Wildman–Crippen LogP) is 1.71. The van der Waals surface area contributed by atoms with E-state index in [1.807, 2.05) is 17.0 Å². The number of para-hydroxylation sites is 1. The van der Waals surface area contributed by atoms with Crippen molar-refractivity contribution in [3.63, 3.8) is 0 Å². The number of rotatable bonds is 5. The second kappa shape index (κ2) is 6.69. The standard InChI is InChI=1S/C18H19N3O4S/c22-18-15-5-1-2-6-16(15)19-17(20-18)11-21(10-14-4-3-8-25-14)13-7-9-26(23,24)12-13/h1-6,8,13H,7,9-12H2,(H,19,20,22)/t13-/m0/s1. The Morgan fingerprint density at radius 1 is 1.19 bits per heavy atom. The summed E-state index contributed by atoms with van der Waals surface area (Å²) in [6.45, 7) is 0.810. The van der Waals surface area contributed by atoms with Gasteiger partial charge in [-0.3, -0.25) is 9.69 Å². The van der Waals surface area contributed by atoms with Crippen molar-refractivity contribution in [2.45, 2.75) is 25.6 Å². The predicted molar refractivity (Wildman–Crippen MR) is 97.4 cm³/mol. The minimum atomic E-state index is -3.02. The summed E-state index contributed by atoms with van der Waals surface area (Å²) in [4.78, 5) is 21.7. The van der Waals surface area contributed by atoms with Crippen LogP contribution in [0.2, 0.25) is 0 Å². The zero-order valence-electron chi connectivity index (χ0n) is 14.1. The summed E-state index contributed by atoms with van der Waals surface area (Å²) in [7, 11) is -3.02. The number of hydrogen-bond donors (Lipinski definition) is 1. The fraction of sp³-hybridized carbons (Fsp3) is 0.333. The van der Waals surface area contributed by atoms with E-state index in [0.717, 1.165) is 5.76 Å². The highest BCUT2D eigenvalue weighted by atomic mass is 32.2. The number of aromatic amines is 1. The summed E-state index contributed by atoms with van der Waals surface area (Å²) in [5, 5.41) is 0.539. The number of fused-ring (bicyclic) bond motifs is 1. The third kappa shape index (κ3) is 3.56. The highest BCUT2D eigenvalue weighted by Gasteiger charge is 2.33. The van der Waals surface area contributed by atoms with Crippen molar-refractivity contribution in [3.8, 4) is 0 Å². The number of furan rings is 1. The molecule has 26 heavy (non-hydrogen) atoms. The van der Waals surface area contributed by atoms with Crippen molar-refractivity contribution in [3.05, 3.63) is 64.6 Å². The first-order valence-corrected chi connectivity index (χ1v) is 10.3. The average Bonchev–Trinajstić information content (AvgIpc) is 3.23. The quantitative estimate of drug-likeness (QED) is 0.731. The largest absolute Gasteiger partial charge is 0.468 e. The molecule has 0 unspecified atom stereocenters. The third-order valence-corrected chi connectivity index (χ3v) is 6.43. The van der Waals surface area contributed by atoms with Gasteiger partial charge in [0.15, 0.2) is 9.84 Å². The van der Waals surface area contributed by atoms with Gasteiger partial charge in [0.2, 0.25) is 0 Å². The second-order valence-electron chi connectivity index (χ2n) is 6.57. The van der Waals surface area contributed by atoms with Gasteiger partial charge >= 0.3 is 0 Å². The van der Waals surface area contributed by atoms with E-state index in [1.54, 1.807) is 30.5 Å². The van der Waals surface area contributed by atoms with Crippen LogP contribution < -0.4 is 5.56 Å². The van der Waals surface area contributed by atoms with E-state index in [0.29, 0.717) is 36.2 Å². The Kier molecular flexibility index (Phi) is 4.37. The summed E-state index contributed by atoms with van der Waals surface area (Å²) in [5.74, 6) is 1.57. The third-order valence-electron chi connectivity index (χ3n) is 4.68. The molecule has 0 bridgehead atoms. The van der Waals surface area contributed by atoms with Crippen molar-refractivity contribution < 1.29 is 12.8 Å². The summed E-state index contributed by atoms with van der Waals surface area (Å²) >= 11 is 0. The molecule has 0 amide bonds. The molecule has 136 valence electrons. The summed E-state index contributed by atoms with van der Waals surface area (Å²) in [5.41, 5.74) is 0.436. The van der Waals surface area contributed by atoms with Gasteiger partial charge in [0.1, 0.15) is 11.6 Å². The number of hydrogen-bond acceptors (Lipinski definition) is 6. The van der Waals surface area contributed by atoms with Crippen LogP contribution in [0.5, 0.6) is 0 Å². The molecule has 3 aromatic rings. The zero-order chi connectivity index (χ0) is 18.1. The second-order valence-corrected chi connectivity index (χ2v) is 8.80. The van der Waals surface area contributed by atoms with Crippen LogP contribution in [0.4, 0.5) is 0 Å². The molecular formula is C18H19N3O4S. The lowest BCUT2D eigenvalue weighted by atomic mass is 10.2. The fourth-order valence-corrected chi connectivity index (χ4v) is 5.14. The van der Waals surface area contributed by atoms with Crippen LogP contribution in [0.15, 0.2) is 51.9 Å². The topological polar surface area (TPSA) is 96.3 Å². The number of benzene rings is 1. The monoisotopic (exact) mass is 373 g/mol. The molecule has 1 saturated heterocycles. The Hall–Kier alpha value is -2.45. The fourth-order valence-electron chi connectivity index (χ4n) is 3.38. The van der Waals surface area contributed by atoms with Crippen molar-refractivity contribution in [2.24, 2.45) is 0 Å². The smallest absolute Gasteiger partial charge is 0.258 e. The molecule has 4 rings (SSSR count). The molecule has 1 aliphatic heterocycles. The van der Waals surface area contributed by atoms with Gasteiger partial charge in [-0.25, -0.2) is 13.4 Å². The molecule has 1 N–H and O–H groups in total. The van der Waals surface area contributed by atoms with Crippen LogP contribution in [0.3, 0.4) is 0 Å². The lowest BCUT2D eigenvalue weighted by Gasteiger charge is -2.26. The molecule has 1 atom stereocenters. The van der Waals surface area contributed by atoms with Gasteiger partial charge in [0, 0.05) is 6.04 Å². The molecule has 8 heteroatoms. The lowest BCUT2D eigenvalue weighted by molar-refractivity contribution is 0.175. The van der Waals surface area contributed by atoms with E-state index in [9.17, 15) is 13.2 Å². The van der Waals surface area contributed by atoms with Gasteiger partial charge in [-0.2, -0.15) is 0 Å². The normalized spacial score (nSPS) is 19.3. The molecule has 1 aliphatic rings. The first-order valence-electron chi connectivity index (χ1n) is 8.45. The molecule has 2 aromatic heterocycles. The van der Waals surface area contributed by atoms with Crippen LogP contribution in [-0.4, -0.2) is 40.8 Å². The van der Waals surface area contributed by atoms with Crippen LogP contribution in [-0.2, 0) is 22.9 Å². The minimum absolute atomic E-state index is 0.117. The maximum absolute atomic E-state index is 12.3. The highest BCUT2D eigenvalue weighted by molar-refractivity contribution is 7.91. The van der Waals surface area contributed by atoms with Crippen LogP contribution in [0.1, 0.15) is 18.0 Å². The molecule has 1 aromatic carbocycles. The highest BCUT2D eigenvalue weighted by Crippen LogP contribution is 2.22. The minimum Gasteiger partial charge on any atom is -0.468 e. The molecule has 0 saturated carbocycles. The van der Waals surface area contributed by atoms with Crippen molar-refractivity contribution in [1.29, 1.82) is 0 Å². The maximum Gasteiger partial charge on any atom is 0.258 e. The summed E-state index contributed by atoms with van der Waals surface area (Å²) in [6, 6.07) is 10.7. The number of H-pyrrole nitrogens is 1. The van der Waals surface area contributed by atoms with Gasteiger partial charge in [0.25, 0.3) is 5.56 Å². The van der Waals surface area contributed by atoms with E-state index in [1.165, 1.54) is 0 Å². The molecule has 0 radical (unpaired) electrons. The van der Waals surface area contributed by atoms with Crippen molar-refractivity contribution >= 4 is 20.7 Å². The van der Waals surface area contributed by atoms with Gasteiger partial charge in [-0.05, 0) is 30.7 Å². The zero-order valence-corrected chi connectivity index (χ0v) is 14.9. The Morgan fingerprint density at radius 2 is 2.04 bits per heavy atom. The Labute approximate surface area is 150 Å². The number of nitrogens with zero attached hydrogens (tertiary/aromatic N) is 2. The van der Waals surface area contributed by atoms with Crippen molar-refractivity contribution in [1.82, 2.24) is 14.9 Å². The lowest BCUT2D eigenvalue weighted by Crippen LogP contribution is -2.36. The van der Waals surface area contributed by atoms with Crippen LogP contribution in [0.25, 0.3) is 10.9 Å². The Morgan fingerprint density at radius 3 is 2.77 bits per heavy atom. The van der Waals surface area contributed by atoms with Crippen LogP contribution in [0, 0.1) is 0 Å².